The molecule has 8 nitrogen and oxygen atoms in total. The Kier molecular flexibility index (Phi) is 3.41. The van der Waals surface area contributed by atoms with Gasteiger partial charge in [-0.15, -0.1) is 0 Å². The summed E-state index contributed by atoms with van der Waals surface area (Å²) >= 11 is 0. The second kappa shape index (κ2) is 5.45. The molecule has 1 saturated heterocycles. The Morgan fingerprint density at radius 1 is 1.35 bits per heavy atom. The Bertz CT molecular complexity index is 706. The van der Waals surface area contributed by atoms with E-state index in [0.29, 0.717) is 19.0 Å². The highest BCUT2D eigenvalue weighted by molar-refractivity contribution is 5.95. The molecule has 1 aliphatic carbocycles. The lowest BCUT2D eigenvalue weighted by Crippen LogP contribution is -2.30. The van der Waals surface area contributed by atoms with Crippen LogP contribution in [0.2, 0.25) is 0 Å². The standard InChI is InChI=1S/C15H20N6O2/c1-20-14(9-3-4-9)10(5-17-20)15(22)21-7-11(13(8-21)23-2)12-6-16-19-18-12/h5-6,9,11,13H,3-4,7-8H2,1-2H3,(H,16,18,19)/t11-,13+/m0/s1. The van der Waals surface area contributed by atoms with Crippen molar-refractivity contribution in [1.29, 1.82) is 0 Å². The third-order valence-electron chi connectivity index (χ3n) is 4.85. The molecule has 3 heterocycles. The molecule has 1 aliphatic heterocycles. The number of likely N-dealkylation sites (tertiary alicyclic amines) is 1. The van der Waals surface area contributed by atoms with Gasteiger partial charge in [0, 0.05) is 33.2 Å². The first-order valence-corrected chi connectivity index (χ1v) is 7.88. The van der Waals surface area contributed by atoms with Gasteiger partial charge < -0.3 is 9.64 Å². The normalized spacial score (nSPS) is 24.3. The van der Waals surface area contributed by atoms with E-state index in [-0.39, 0.29) is 17.9 Å². The van der Waals surface area contributed by atoms with E-state index in [0.717, 1.165) is 29.8 Å². The van der Waals surface area contributed by atoms with Crippen LogP contribution in [-0.4, -0.2) is 62.3 Å². The van der Waals surface area contributed by atoms with Gasteiger partial charge in [0.2, 0.25) is 0 Å². The van der Waals surface area contributed by atoms with Crippen LogP contribution >= 0.6 is 0 Å². The van der Waals surface area contributed by atoms with Crippen LogP contribution < -0.4 is 0 Å². The van der Waals surface area contributed by atoms with Gasteiger partial charge in [0.05, 0.1) is 41.4 Å². The first-order valence-electron chi connectivity index (χ1n) is 7.88. The number of nitrogens with one attached hydrogen (secondary N) is 1. The fourth-order valence-corrected chi connectivity index (χ4v) is 3.47. The van der Waals surface area contributed by atoms with E-state index in [1.54, 1.807) is 19.5 Å². The Labute approximate surface area is 133 Å². The number of carbonyl (C=O) groups excluding carboxylic acids is 1. The van der Waals surface area contributed by atoms with Crippen molar-refractivity contribution in [1.82, 2.24) is 30.1 Å². The molecule has 0 spiro atoms. The van der Waals surface area contributed by atoms with Crippen molar-refractivity contribution in [2.45, 2.75) is 30.8 Å². The minimum atomic E-state index is -0.0647. The van der Waals surface area contributed by atoms with Crippen LogP contribution in [0.25, 0.3) is 0 Å². The van der Waals surface area contributed by atoms with Gasteiger partial charge in [0.15, 0.2) is 0 Å². The summed E-state index contributed by atoms with van der Waals surface area (Å²) in [7, 11) is 3.58. The summed E-state index contributed by atoms with van der Waals surface area (Å²) in [4.78, 5) is 14.8. The fourth-order valence-electron chi connectivity index (χ4n) is 3.47. The van der Waals surface area contributed by atoms with Crippen LogP contribution in [0.4, 0.5) is 0 Å². The number of aryl methyl sites for hydroxylation is 1. The lowest BCUT2D eigenvalue weighted by atomic mass is 10.0. The first kappa shape index (κ1) is 14.4. The molecule has 0 unspecified atom stereocenters. The second-order valence-electron chi connectivity index (χ2n) is 6.33. The molecule has 8 heteroatoms. The van der Waals surface area contributed by atoms with Crippen LogP contribution in [-0.2, 0) is 11.8 Å². The quantitative estimate of drug-likeness (QED) is 0.895. The number of H-pyrrole nitrogens is 1. The summed E-state index contributed by atoms with van der Waals surface area (Å²) in [6.07, 6.45) is 5.61. The van der Waals surface area contributed by atoms with Gasteiger partial charge in [-0.25, -0.2) is 0 Å². The maximum Gasteiger partial charge on any atom is 0.257 e. The zero-order chi connectivity index (χ0) is 16.0. The molecule has 1 saturated carbocycles. The molecule has 122 valence electrons. The highest BCUT2D eigenvalue weighted by atomic mass is 16.5. The van der Waals surface area contributed by atoms with E-state index < -0.39 is 0 Å². The molecule has 1 N–H and O–H groups in total. The second-order valence-corrected chi connectivity index (χ2v) is 6.33. The molecule has 2 aromatic rings. The van der Waals surface area contributed by atoms with Crippen molar-refractivity contribution in [3.63, 3.8) is 0 Å². The molecular formula is C15H20N6O2. The average molecular weight is 316 g/mol. The van der Waals surface area contributed by atoms with Crippen LogP contribution in [0.15, 0.2) is 12.4 Å². The number of aromatic nitrogens is 5. The zero-order valence-electron chi connectivity index (χ0n) is 13.3. The number of hydrogen-bond acceptors (Lipinski definition) is 5. The molecular weight excluding hydrogens is 296 g/mol. The summed E-state index contributed by atoms with van der Waals surface area (Å²) in [6, 6.07) is 0. The van der Waals surface area contributed by atoms with Crippen molar-refractivity contribution in [2.75, 3.05) is 20.2 Å². The van der Waals surface area contributed by atoms with E-state index in [2.05, 4.69) is 20.5 Å². The molecule has 0 radical (unpaired) electrons. The largest absolute Gasteiger partial charge is 0.379 e. The molecule has 4 rings (SSSR count). The Hall–Kier alpha value is -2.22. The molecule has 1 amide bonds. The average Bonchev–Trinajstić information content (AvgIpc) is 2.98. The van der Waals surface area contributed by atoms with Gasteiger partial charge in [-0.3, -0.25) is 9.48 Å². The summed E-state index contributed by atoms with van der Waals surface area (Å²) in [6.45, 7) is 1.15. The predicted molar refractivity (Wildman–Crippen MR) is 81.0 cm³/mol. The number of rotatable bonds is 4. The van der Waals surface area contributed by atoms with Gasteiger partial charge in [0.1, 0.15) is 0 Å². The van der Waals surface area contributed by atoms with Gasteiger partial charge in [0.25, 0.3) is 5.91 Å². The number of aromatic amines is 1. The van der Waals surface area contributed by atoms with Crippen LogP contribution in [0.1, 0.15) is 46.4 Å². The number of carbonyl (C=O) groups is 1. The van der Waals surface area contributed by atoms with E-state index in [1.165, 1.54) is 0 Å². The van der Waals surface area contributed by atoms with Gasteiger partial charge in [-0.1, -0.05) is 0 Å². The molecule has 2 fully saturated rings. The topological polar surface area (TPSA) is 88.9 Å². The predicted octanol–water partition coefficient (Wildman–Crippen LogP) is 0.670. The molecule has 2 atom stereocenters. The van der Waals surface area contributed by atoms with E-state index in [9.17, 15) is 4.79 Å². The lowest BCUT2D eigenvalue weighted by molar-refractivity contribution is 0.0713. The molecule has 0 bridgehead atoms. The van der Waals surface area contributed by atoms with Gasteiger partial charge >= 0.3 is 0 Å². The third kappa shape index (κ3) is 2.42. The van der Waals surface area contributed by atoms with Crippen LogP contribution in [0.3, 0.4) is 0 Å². The molecule has 2 aromatic heterocycles. The van der Waals surface area contributed by atoms with Gasteiger partial charge in [-0.2, -0.15) is 20.5 Å². The smallest absolute Gasteiger partial charge is 0.257 e. The number of methoxy groups -OCH3 is 1. The van der Waals surface area contributed by atoms with Crippen molar-refractivity contribution >= 4 is 5.91 Å². The van der Waals surface area contributed by atoms with Crippen molar-refractivity contribution in [2.24, 2.45) is 7.05 Å². The van der Waals surface area contributed by atoms with E-state index in [1.807, 2.05) is 16.6 Å². The molecule has 0 aromatic carbocycles. The summed E-state index contributed by atoms with van der Waals surface area (Å²) in [5, 5.41) is 14.9. The number of amides is 1. The molecule has 2 aliphatic rings. The maximum atomic E-state index is 13.0. The Morgan fingerprint density at radius 3 is 2.83 bits per heavy atom. The number of ether oxygens (including phenoxy) is 1. The number of nitrogens with zero attached hydrogens (tertiary/aromatic N) is 5. The first-order chi connectivity index (χ1) is 11.2. The monoisotopic (exact) mass is 316 g/mol. The highest BCUT2D eigenvalue weighted by Crippen LogP contribution is 2.42. The number of hydrogen-bond donors (Lipinski definition) is 1. The van der Waals surface area contributed by atoms with Crippen molar-refractivity contribution in [3.05, 3.63) is 29.3 Å². The zero-order valence-corrected chi connectivity index (χ0v) is 13.3. The maximum absolute atomic E-state index is 13.0. The molecule has 23 heavy (non-hydrogen) atoms. The summed E-state index contributed by atoms with van der Waals surface area (Å²) in [5.74, 6) is 0.561. The Morgan fingerprint density at radius 2 is 2.17 bits per heavy atom. The van der Waals surface area contributed by atoms with E-state index in [4.69, 9.17) is 4.74 Å². The van der Waals surface area contributed by atoms with Gasteiger partial charge in [-0.05, 0) is 12.8 Å². The third-order valence-corrected chi connectivity index (χ3v) is 4.85. The lowest BCUT2D eigenvalue weighted by Gasteiger charge is -2.16. The van der Waals surface area contributed by atoms with Crippen LogP contribution in [0.5, 0.6) is 0 Å². The summed E-state index contributed by atoms with van der Waals surface area (Å²) < 4.78 is 7.40. The van der Waals surface area contributed by atoms with Crippen molar-refractivity contribution in [3.8, 4) is 0 Å². The van der Waals surface area contributed by atoms with Crippen LogP contribution in [0, 0.1) is 0 Å². The SMILES string of the molecule is CO[C@@H]1CN(C(=O)c2cnn(C)c2C2CC2)C[C@H]1c1cn[nH]n1. The minimum absolute atomic E-state index is 0.0352. The highest BCUT2D eigenvalue weighted by Gasteiger charge is 2.40. The fraction of sp³-hybridized carbons (Fsp3) is 0.600. The minimum Gasteiger partial charge on any atom is -0.379 e. The summed E-state index contributed by atoms with van der Waals surface area (Å²) in [5.41, 5.74) is 2.63. The van der Waals surface area contributed by atoms with E-state index >= 15 is 0 Å². The Balaban J connectivity index is 1.58. The van der Waals surface area contributed by atoms with Crippen molar-refractivity contribution < 1.29 is 9.53 Å².